The third kappa shape index (κ3) is 3.70. The molecule has 1 aromatic carbocycles. The quantitative estimate of drug-likeness (QED) is 0.706. The van der Waals surface area contributed by atoms with E-state index >= 15 is 0 Å². The lowest BCUT2D eigenvalue weighted by Gasteiger charge is -2.22. The van der Waals surface area contributed by atoms with E-state index in [0.717, 1.165) is 48.5 Å². The molecule has 3 heterocycles. The maximum absolute atomic E-state index is 6.39. The first-order chi connectivity index (χ1) is 13.0. The first kappa shape index (κ1) is 18.0. The van der Waals surface area contributed by atoms with E-state index in [1.54, 1.807) is 6.20 Å². The Morgan fingerprint density at radius 3 is 2.67 bits per heavy atom. The summed E-state index contributed by atoms with van der Waals surface area (Å²) in [4.78, 5) is 13.7. The van der Waals surface area contributed by atoms with Gasteiger partial charge in [-0.15, -0.1) is 0 Å². The van der Waals surface area contributed by atoms with Gasteiger partial charge in [0.2, 0.25) is 11.9 Å². The summed E-state index contributed by atoms with van der Waals surface area (Å²) < 4.78 is 7.31. The van der Waals surface area contributed by atoms with Crippen LogP contribution < -0.4 is 10.6 Å². The van der Waals surface area contributed by atoms with Gasteiger partial charge < -0.3 is 15.4 Å². The predicted octanol–water partition coefficient (Wildman–Crippen LogP) is 3.97. The van der Waals surface area contributed by atoms with E-state index in [0.29, 0.717) is 23.0 Å². The summed E-state index contributed by atoms with van der Waals surface area (Å²) in [5.41, 5.74) is 4.65. The van der Waals surface area contributed by atoms with Crippen LogP contribution in [0.3, 0.4) is 0 Å². The minimum atomic E-state index is 0.344. The van der Waals surface area contributed by atoms with Gasteiger partial charge >= 0.3 is 0 Å². The average molecular weight is 387 g/mol. The van der Waals surface area contributed by atoms with Crippen LogP contribution in [0.2, 0.25) is 5.02 Å². The van der Waals surface area contributed by atoms with Gasteiger partial charge in [0.15, 0.2) is 5.65 Å². The highest BCUT2D eigenvalue weighted by atomic mass is 35.5. The number of ether oxygens (including phenoxy) is 1. The Morgan fingerprint density at radius 2 is 1.89 bits per heavy atom. The van der Waals surface area contributed by atoms with Gasteiger partial charge in [0.1, 0.15) is 5.52 Å². The highest BCUT2D eigenvalue weighted by Crippen LogP contribution is 2.29. The SMILES string of the molecule is Cc1cc(Cl)c(Nc2nc3cnc(NC4CCOCC4)nc3n2C)cc1C. The smallest absolute Gasteiger partial charge is 0.224 e. The van der Waals surface area contributed by atoms with Crippen molar-refractivity contribution >= 4 is 40.3 Å². The molecule has 0 spiro atoms. The van der Waals surface area contributed by atoms with E-state index in [-0.39, 0.29) is 0 Å². The van der Waals surface area contributed by atoms with Gasteiger partial charge in [0.05, 0.1) is 16.9 Å². The van der Waals surface area contributed by atoms with Crippen LogP contribution in [-0.4, -0.2) is 38.8 Å². The zero-order valence-corrected chi connectivity index (χ0v) is 16.5. The molecule has 27 heavy (non-hydrogen) atoms. The van der Waals surface area contributed by atoms with Gasteiger partial charge in [-0.3, -0.25) is 4.57 Å². The van der Waals surface area contributed by atoms with E-state index in [4.69, 9.17) is 16.3 Å². The molecule has 1 saturated heterocycles. The molecule has 0 atom stereocenters. The van der Waals surface area contributed by atoms with Crippen LogP contribution in [0.4, 0.5) is 17.6 Å². The lowest BCUT2D eigenvalue weighted by molar-refractivity contribution is 0.0903. The number of benzene rings is 1. The molecular weight excluding hydrogens is 364 g/mol. The first-order valence-electron chi connectivity index (χ1n) is 9.09. The van der Waals surface area contributed by atoms with Crippen molar-refractivity contribution in [1.29, 1.82) is 0 Å². The molecule has 0 amide bonds. The third-order valence-electron chi connectivity index (χ3n) is 5.00. The van der Waals surface area contributed by atoms with Gasteiger partial charge in [0.25, 0.3) is 0 Å². The summed E-state index contributed by atoms with van der Waals surface area (Å²) in [7, 11) is 1.93. The summed E-state index contributed by atoms with van der Waals surface area (Å²) in [6.45, 7) is 5.65. The Bertz CT molecular complexity index is 980. The fraction of sp³-hybridized carbons (Fsp3) is 0.421. The molecule has 0 bridgehead atoms. The number of nitrogens with one attached hydrogen (secondary N) is 2. The Balaban J connectivity index is 1.61. The van der Waals surface area contributed by atoms with E-state index in [1.165, 1.54) is 5.56 Å². The number of halogens is 1. The Hall–Kier alpha value is -2.38. The van der Waals surface area contributed by atoms with Gasteiger partial charge in [-0.25, -0.2) is 9.97 Å². The van der Waals surface area contributed by atoms with E-state index < -0.39 is 0 Å². The number of hydrogen-bond donors (Lipinski definition) is 2. The molecule has 8 heteroatoms. The Morgan fingerprint density at radius 1 is 1.15 bits per heavy atom. The molecule has 2 aromatic heterocycles. The normalized spacial score (nSPS) is 15.3. The lowest BCUT2D eigenvalue weighted by atomic mass is 10.1. The molecule has 0 saturated carbocycles. The van der Waals surface area contributed by atoms with Crippen LogP contribution in [0.25, 0.3) is 11.2 Å². The number of aromatic nitrogens is 4. The molecule has 1 aliphatic rings. The molecule has 0 aliphatic carbocycles. The van der Waals surface area contributed by atoms with Crippen molar-refractivity contribution in [2.75, 3.05) is 23.8 Å². The van der Waals surface area contributed by atoms with Crippen molar-refractivity contribution in [2.45, 2.75) is 32.7 Å². The number of aryl methyl sites for hydroxylation is 3. The van der Waals surface area contributed by atoms with Crippen molar-refractivity contribution in [3.8, 4) is 0 Å². The lowest BCUT2D eigenvalue weighted by Crippen LogP contribution is -2.28. The largest absolute Gasteiger partial charge is 0.381 e. The minimum absolute atomic E-state index is 0.344. The highest BCUT2D eigenvalue weighted by molar-refractivity contribution is 6.33. The maximum atomic E-state index is 6.39. The van der Waals surface area contributed by atoms with Crippen molar-refractivity contribution in [3.05, 3.63) is 34.5 Å². The molecule has 3 aromatic rings. The Kier molecular flexibility index (Phi) is 4.88. The Labute approximate surface area is 163 Å². The maximum Gasteiger partial charge on any atom is 0.224 e. The average Bonchev–Trinajstić information content (AvgIpc) is 2.96. The summed E-state index contributed by atoms with van der Waals surface area (Å²) in [5.74, 6) is 1.29. The zero-order chi connectivity index (χ0) is 19.0. The summed E-state index contributed by atoms with van der Waals surface area (Å²) in [6, 6.07) is 4.33. The molecule has 4 rings (SSSR count). The van der Waals surface area contributed by atoms with Crippen LogP contribution in [0.1, 0.15) is 24.0 Å². The monoisotopic (exact) mass is 386 g/mol. The van der Waals surface area contributed by atoms with Crippen LogP contribution in [-0.2, 0) is 11.8 Å². The number of rotatable bonds is 4. The number of imidazole rings is 1. The number of nitrogens with zero attached hydrogens (tertiary/aromatic N) is 4. The third-order valence-corrected chi connectivity index (χ3v) is 5.31. The number of fused-ring (bicyclic) bond motifs is 1. The second-order valence-corrected chi connectivity index (χ2v) is 7.38. The molecule has 1 fully saturated rings. The molecule has 142 valence electrons. The van der Waals surface area contributed by atoms with E-state index in [9.17, 15) is 0 Å². The van der Waals surface area contributed by atoms with Crippen molar-refractivity contribution in [3.63, 3.8) is 0 Å². The number of hydrogen-bond acceptors (Lipinski definition) is 6. The van der Waals surface area contributed by atoms with Crippen LogP contribution in [0.5, 0.6) is 0 Å². The van der Waals surface area contributed by atoms with Crippen molar-refractivity contribution in [2.24, 2.45) is 7.05 Å². The topological polar surface area (TPSA) is 76.9 Å². The van der Waals surface area contributed by atoms with Crippen molar-refractivity contribution < 1.29 is 4.74 Å². The van der Waals surface area contributed by atoms with Gasteiger partial charge in [0, 0.05) is 26.3 Å². The number of anilines is 3. The summed E-state index contributed by atoms with van der Waals surface area (Å²) >= 11 is 6.39. The fourth-order valence-electron chi connectivity index (χ4n) is 3.18. The highest BCUT2D eigenvalue weighted by Gasteiger charge is 2.17. The zero-order valence-electron chi connectivity index (χ0n) is 15.7. The van der Waals surface area contributed by atoms with Crippen LogP contribution in [0.15, 0.2) is 18.3 Å². The fourth-order valence-corrected chi connectivity index (χ4v) is 3.45. The molecule has 0 unspecified atom stereocenters. The predicted molar refractivity (Wildman–Crippen MR) is 108 cm³/mol. The van der Waals surface area contributed by atoms with Crippen LogP contribution in [0, 0.1) is 13.8 Å². The van der Waals surface area contributed by atoms with Gasteiger partial charge in [-0.05, 0) is 49.9 Å². The van der Waals surface area contributed by atoms with Gasteiger partial charge in [-0.1, -0.05) is 11.6 Å². The standard InChI is InChI=1S/C19H23ClN6O/c1-11-8-14(20)15(9-12(11)2)23-19-24-16-10-21-18(25-17(16)26(19)3)22-13-4-6-27-7-5-13/h8-10,13H,4-7H2,1-3H3,(H,23,24)(H,21,22,25). The second-order valence-electron chi connectivity index (χ2n) is 6.97. The molecule has 1 aliphatic heterocycles. The summed E-state index contributed by atoms with van der Waals surface area (Å²) in [6.07, 6.45) is 3.67. The van der Waals surface area contributed by atoms with E-state index in [2.05, 4.69) is 32.5 Å². The summed E-state index contributed by atoms with van der Waals surface area (Å²) in [5, 5.41) is 7.38. The minimum Gasteiger partial charge on any atom is -0.381 e. The van der Waals surface area contributed by atoms with Gasteiger partial charge in [-0.2, -0.15) is 4.98 Å². The molecule has 0 radical (unpaired) electrons. The van der Waals surface area contributed by atoms with Crippen molar-refractivity contribution in [1.82, 2.24) is 19.5 Å². The molecule has 2 N–H and O–H groups in total. The molecule has 7 nitrogen and oxygen atoms in total. The molecular formula is C19H23ClN6O. The van der Waals surface area contributed by atoms with E-state index in [1.807, 2.05) is 30.7 Å². The second kappa shape index (κ2) is 7.32. The first-order valence-corrected chi connectivity index (χ1v) is 9.46. The van der Waals surface area contributed by atoms with Crippen LogP contribution >= 0.6 is 11.6 Å².